The molecule has 6 heteroatoms. The fraction of sp³-hybridized carbons (Fsp3) is 0.938. The maximum Gasteiger partial charge on any atom is 0.249 e. The van der Waals surface area contributed by atoms with Gasteiger partial charge in [-0.25, -0.2) is 8.78 Å². The van der Waals surface area contributed by atoms with Gasteiger partial charge in [-0.3, -0.25) is 4.79 Å². The van der Waals surface area contributed by atoms with E-state index in [1.807, 2.05) is 6.92 Å². The van der Waals surface area contributed by atoms with E-state index in [2.05, 4.69) is 0 Å². The zero-order chi connectivity index (χ0) is 15.8. The molecule has 1 atom stereocenters. The molecule has 2 saturated heterocycles. The van der Waals surface area contributed by atoms with Gasteiger partial charge in [-0.05, 0) is 32.1 Å². The van der Waals surface area contributed by atoms with Crippen molar-refractivity contribution in [3.63, 3.8) is 0 Å². The first-order chi connectivity index (χ1) is 10.4. The van der Waals surface area contributed by atoms with Crippen LogP contribution < -0.4 is 0 Å². The average molecular weight is 317 g/mol. The molecule has 3 aliphatic rings. The number of ether oxygens (including phenoxy) is 2. The lowest BCUT2D eigenvalue weighted by Crippen LogP contribution is -2.68. The van der Waals surface area contributed by atoms with Crippen LogP contribution in [0.3, 0.4) is 0 Å². The highest BCUT2D eigenvalue weighted by atomic mass is 19.3. The third-order valence-electron chi connectivity index (χ3n) is 5.18. The van der Waals surface area contributed by atoms with Crippen molar-refractivity contribution in [2.45, 2.75) is 50.6 Å². The number of alkyl halides is 2. The topological polar surface area (TPSA) is 38.8 Å². The van der Waals surface area contributed by atoms with Gasteiger partial charge in [0.25, 0.3) is 0 Å². The molecule has 1 amide bonds. The quantitative estimate of drug-likeness (QED) is 0.731. The molecule has 3 fully saturated rings. The second kappa shape index (κ2) is 6.04. The van der Waals surface area contributed by atoms with E-state index in [0.29, 0.717) is 19.0 Å². The van der Waals surface area contributed by atoms with Gasteiger partial charge in [0.05, 0.1) is 13.1 Å². The first kappa shape index (κ1) is 16.1. The summed E-state index contributed by atoms with van der Waals surface area (Å²) in [6, 6.07) is 0. The zero-order valence-electron chi connectivity index (χ0n) is 13.2. The standard InChI is InChI=1S/C16H25F2NO3/c1-2-21-5-3-12-4-6-22-15(7-12)10-19(11-15)14(20)13-8-16(17,18)9-13/h12-13H,2-11H2,1H3. The van der Waals surface area contributed by atoms with Gasteiger partial charge in [0.2, 0.25) is 11.8 Å². The molecule has 126 valence electrons. The van der Waals surface area contributed by atoms with Crippen LogP contribution >= 0.6 is 0 Å². The molecule has 0 aromatic rings. The number of amides is 1. The smallest absolute Gasteiger partial charge is 0.249 e. The normalized spacial score (nSPS) is 30.0. The Morgan fingerprint density at radius 2 is 2.05 bits per heavy atom. The largest absolute Gasteiger partial charge is 0.382 e. The third-order valence-corrected chi connectivity index (χ3v) is 5.18. The monoisotopic (exact) mass is 317 g/mol. The minimum Gasteiger partial charge on any atom is -0.382 e. The Labute approximate surface area is 130 Å². The highest BCUT2D eigenvalue weighted by Gasteiger charge is 2.55. The summed E-state index contributed by atoms with van der Waals surface area (Å²) in [5.74, 6) is -2.65. The minimum absolute atomic E-state index is 0.114. The van der Waals surface area contributed by atoms with E-state index in [0.717, 1.165) is 39.1 Å². The summed E-state index contributed by atoms with van der Waals surface area (Å²) in [7, 11) is 0. The van der Waals surface area contributed by atoms with Gasteiger partial charge >= 0.3 is 0 Å². The number of likely N-dealkylation sites (tertiary alicyclic amines) is 1. The summed E-state index contributed by atoms with van der Waals surface area (Å²) in [5, 5.41) is 0. The van der Waals surface area contributed by atoms with Gasteiger partial charge < -0.3 is 14.4 Å². The maximum atomic E-state index is 12.9. The highest BCUT2D eigenvalue weighted by Crippen LogP contribution is 2.45. The Balaban J connectivity index is 1.44. The van der Waals surface area contributed by atoms with Crippen LogP contribution in [0.4, 0.5) is 8.78 Å². The first-order valence-corrected chi connectivity index (χ1v) is 8.31. The lowest BCUT2D eigenvalue weighted by atomic mass is 9.76. The Morgan fingerprint density at radius 3 is 2.68 bits per heavy atom. The SMILES string of the molecule is CCOCCC1CCOC2(C1)CN(C(=O)C1CC(F)(F)C1)C2. The molecule has 3 rings (SSSR count). The Kier molecular flexibility index (Phi) is 4.42. The second-order valence-corrected chi connectivity index (χ2v) is 7.03. The van der Waals surface area contributed by atoms with E-state index in [-0.39, 0.29) is 24.3 Å². The van der Waals surface area contributed by atoms with Crippen molar-refractivity contribution in [2.24, 2.45) is 11.8 Å². The molecule has 1 spiro atoms. The van der Waals surface area contributed by atoms with E-state index in [9.17, 15) is 13.6 Å². The first-order valence-electron chi connectivity index (χ1n) is 8.31. The van der Waals surface area contributed by atoms with Crippen LogP contribution in [0.15, 0.2) is 0 Å². The number of hydrogen-bond donors (Lipinski definition) is 0. The van der Waals surface area contributed by atoms with Gasteiger partial charge in [0.15, 0.2) is 0 Å². The summed E-state index contributed by atoms with van der Waals surface area (Å²) in [6.45, 7) is 5.36. The van der Waals surface area contributed by atoms with Crippen molar-refractivity contribution in [3.8, 4) is 0 Å². The molecule has 2 heterocycles. The molecule has 1 unspecified atom stereocenters. The van der Waals surface area contributed by atoms with Crippen LogP contribution in [0, 0.1) is 11.8 Å². The Bertz CT molecular complexity index is 416. The predicted molar refractivity (Wildman–Crippen MR) is 76.8 cm³/mol. The van der Waals surface area contributed by atoms with Crippen molar-refractivity contribution in [3.05, 3.63) is 0 Å². The molecule has 4 nitrogen and oxygen atoms in total. The van der Waals surface area contributed by atoms with Crippen molar-refractivity contribution >= 4 is 5.91 Å². The second-order valence-electron chi connectivity index (χ2n) is 7.03. The van der Waals surface area contributed by atoms with Crippen molar-refractivity contribution in [1.29, 1.82) is 0 Å². The summed E-state index contributed by atoms with van der Waals surface area (Å²) in [6.07, 6.45) is 2.45. The molecule has 0 aromatic carbocycles. The number of carbonyl (C=O) groups is 1. The van der Waals surface area contributed by atoms with Crippen LogP contribution in [0.1, 0.15) is 39.0 Å². The Hall–Kier alpha value is -0.750. The van der Waals surface area contributed by atoms with Crippen LogP contribution in [-0.4, -0.2) is 55.2 Å². The number of halogens is 2. The number of hydrogen-bond acceptors (Lipinski definition) is 3. The predicted octanol–water partition coefficient (Wildman–Crippen LogP) is 2.47. The third kappa shape index (κ3) is 3.27. The molecule has 0 aromatic heterocycles. The highest BCUT2D eigenvalue weighted by molar-refractivity contribution is 5.81. The van der Waals surface area contributed by atoms with E-state index < -0.39 is 11.8 Å². The maximum absolute atomic E-state index is 12.9. The van der Waals surface area contributed by atoms with E-state index in [4.69, 9.17) is 9.47 Å². The molecule has 0 N–H and O–H groups in total. The van der Waals surface area contributed by atoms with Crippen LogP contribution in [0.25, 0.3) is 0 Å². The van der Waals surface area contributed by atoms with Crippen LogP contribution in [0.2, 0.25) is 0 Å². The zero-order valence-corrected chi connectivity index (χ0v) is 13.2. The minimum atomic E-state index is -2.63. The number of carbonyl (C=O) groups excluding carboxylic acids is 1. The Morgan fingerprint density at radius 1 is 1.32 bits per heavy atom. The summed E-state index contributed by atoms with van der Waals surface area (Å²) in [5.41, 5.74) is -0.225. The summed E-state index contributed by atoms with van der Waals surface area (Å²) < 4.78 is 37.1. The number of nitrogens with zero attached hydrogens (tertiary/aromatic N) is 1. The molecule has 0 radical (unpaired) electrons. The van der Waals surface area contributed by atoms with Gasteiger partial charge in [-0.1, -0.05) is 0 Å². The van der Waals surface area contributed by atoms with Gasteiger partial charge in [0.1, 0.15) is 5.60 Å². The molecular weight excluding hydrogens is 292 g/mol. The molecule has 22 heavy (non-hydrogen) atoms. The van der Waals surface area contributed by atoms with E-state index >= 15 is 0 Å². The van der Waals surface area contributed by atoms with Crippen molar-refractivity contribution in [2.75, 3.05) is 32.9 Å². The van der Waals surface area contributed by atoms with E-state index in [1.165, 1.54) is 0 Å². The summed E-state index contributed by atoms with van der Waals surface area (Å²) >= 11 is 0. The molecule has 2 aliphatic heterocycles. The number of rotatable bonds is 5. The van der Waals surface area contributed by atoms with Gasteiger partial charge in [-0.15, -0.1) is 0 Å². The van der Waals surface area contributed by atoms with Crippen molar-refractivity contribution in [1.82, 2.24) is 4.90 Å². The van der Waals surface area contributed by atoms with Crippen LogP contribution in [0.5, 0.6) is 0 Å². The lowest BCUT2D eigenvalue weighted by molar-refractivity contribution is -0.201. The average Bonchev–Trinajstić information content (AvgIpc) is 2.42. The summed E-state index contributed by atoms with van der Waals surface area (Å²) in [4.78, 5) is 13.8. The lowest BCUT2D eigenvalue weighted by Gasteiger charge is -2.54. The van der Waals surface area contributed by atoms with Crippen molar-refractivity contribution < 1.29 is 23.0 Å². The van der Waals surface area contributed by atoms with E-state index in [1.54, 1.807) is 4.90 Å². The van der Waals surface area contributed by atoms with Gasteiger partial charge in [0, 0.05) is 38.6 Å². The fourth-order valence-corrected chi connectivity index (χ4v) is 3.89. The molecule has 1 aliphatic carbocycles. The van der Waals surface area contributed by atoms with Gasteiger partial charge in [-0.2, -0.15) is 0 Å². The molecular formula is C16H25F2NO3. The molecule has 1 saturated carbocycles. The fourth-order valence-electron chi connectivity index (χ4n) is 3.89. The van der Waals surface area contributed by atoms with Crippen LogP contribution in [-0.2, 0) is 14.3 Å². The molecule has 0 bridgehead atoms.